The average molecular weight is 418 g/mol. The highest BCUT2D eigenvalue weighted by Gasteiger charge is 2.16. The van der Waals surface area contributed by atoms with Gasteiger partial charge in [-0.2, -0.15) is 0 Å². The molecule has 3 aromatic rings. The second-order valence-electron chi connectivity index (χ2n) is 5.61. The molecule has 0 fully saturated rings. The van der Waals surface area contributed by atoms with Crippen LogP contribution >= 0.6 is 23.4 Å². The molecule has 0 saturated heterocycles. The fourth-order valence-electron chi connectivity index (χ4n) is 2.37. The van der Waals surface area contributed by atoms with Gasteiger partial charge in [0.1, 0.15) is 11.6 Å². The summed E-state index contributed by atoms with van der Waals surface area (Å²) in [6.07, 6.45) is 1.36. The molecule has 1 N–H and O–H groups in total. The van der Waals surface area contributed by atoms with Crippen LogP contribution in [0.4, 0.5) is 10.1 Å². The number of nitrogens with one attached hydrogen (secondary N) is 1. The van der Waals surface area contributed by atoms with Crippen LogP contribution in [0.3, 0.4) is 0 Å². The molecule has 2 aromatic carbocycles. The van der Waals surface area contributed by atoms with E-state index in [4.69, 9.17) is 16.3 Å². The minimum absolute atomic E-state index is 0.0407. The van der Waals surface area contributed by atoms with Gasteiger partial charge in [-0.3, -0.25) is 4.79 Å². The number of rotatable bonds is 7. The number of hydrogen-bond acceptors (Lipinski definition) is 5. The van der Waals surface area contributed by atoms with E-state index in [-0.39, 0.29) is 16.5 Å². The first-order valence-electron chi connectivity index (χ1n) is 8.50. The number of anilines is 1. The number of benzene rings is 2. The summed E-state index contributed by atoms with van der Waals surface area (Å²) in [5.41, 5.74) is 1.09. The normalized spacial score (nSPS) is 10.5. The first-order chi connectivity index (χ1) is 13.6. The predicted octanol–water partition coefficient (Wildman–Crippen LogP) is 5.21. The molecule has 0 bridgehead atoms. The van der Waals surface area contributed by atoms with Crippen LogP contribution in [0, 0.1) is 5.82 Å². The van der Waals surface area contributed by atoms with Gasteiger partial charge >= 0.3 is 0 Å². The maximum Gasteiger partial charge on any atom is 0.276 e. The molecule has 0 unspecified atom stereocenters. The van der Waals surface area contributed by atoms with E-state index >= 15 is 0 Å². The van der Waals surface area contributed by atoms with Gasteiger partial charge in [-0.05, 0) is 30.7 Å². The summed E-state index contributed by atoms with van der Waals surface area (Å²) in [4.78, 5) is 21.0. The van der Waals surface area contributed by atoms with E-state index in [1.54, 1.807) is 36.4 Å². The fraction of sp³-hybridized carbons (Fsp3) is 0.150. The summed E-state index contributed by atoms with van der Waals surface area (Å²) >= 11 is 7.33. The number of carbonyl (C=O) groups is 1. The third kappa shape index (κ3) is 4.99. The lowest BCUT2D eigenvalue weighted by atomic mass is 10.2. The van der Waals surface area contributed by atoms with Crippen molar-refractivity contribution in [2.24, 2.45) is 0 Å². The van der Waals surface area contributed by atoms with Gasteiger partial charge in [0.2, 0.25) is 0 Å². The zero-order valence-electron chi connectivity index (χ0n) is 15.0. The molecule has 0 aliphatic carbocycles. The molecule has 1 amide bonds. The highest BCUT2D eigenvalue weighted by atomic mass is 35.5. The number of halogens is 2. The van der Waals surface area contributed by atoms with E-state index < -0.39 is 5.91 Å². The van der Waals surface area contributed by atoms with Gasteiger partial charge in [0.15, 0.2) is 10.9 Å². The second kappa shape index (κ2) is 9.52. The zero-order valence-corrected chi connectivity index (χ0v) is 16.6. The minimum atomic E-state index is -0.479. The predicted molar refractivity (Wildman–Crippen MR) is 109 cm³/mol. The molecule has 0 aliphatic rings. The number of amides is 1. The lowest BCUT2D eigenvalue weighted by Crippen LogP contribution is -2.16. The smallest absolute Gasteiger partial charge is 0.276 e. The maximum atomic E-state index is 13.8. The van der Waals surface area contributed by atoms with Crippen LogP contribution in [0.15, 0.2) is 59.9 Å². The highest BCUT2D eigenvalue weighted by molar-refractivity contribution is 7.98. The molecule has 5 nitrogen and oxygen atoms in total. The summed E-state index contributed by atoms with van der Waals surface area (Å²) in [5, 5.41) is 3.21. The zero-order chi connectivity index (χ0) is 19.9. The van der Waals surface area contributed by atoms with Crippen LogP contribution in [0.5, 0.6) is 5.75 Å². The number of para-hydroxylation sites is 2. The van der Waals surface area contributed by atoms with Gasteiger partial charge < -0.3 is 10.1 Å². The molecule has 0 spiro atoms. The van der Waals surface area contributed by atoms with Crippen molar-refractivity contribution in [3.63, 3.8) is 0 Å². The Morgan fingerprint density at radius 1 is 1.21 bits per heavy atom. The first kappa shape index (κ1) is 20.1. The van der Waals surface area contributed by atoms with Crippen LogP contribution < -0.4 is 10.1 Å². The molecule has 1 aromatic heterocycles. The third-order valence-corrected chi connectivity index (χ3v) is 4.87. The van der Waals surface area contributed by atoms with E-state index in [1.807, 2.05) is 13.0 Å². The van der Waals surface area contributed by atoms with Crippen LogP contribution in [-0.4, -0.2) is 22.5 Å². The Hall–Kier alpha value is -2.64. The summed E-state index contributed by atoms with van der Waals surface area (Å²) in [5.74, 6) is 0.113. The van der Waals surface area contributed by atoms with Gasteiger partial charge in [0, 0.05) is 5.75 Å². The van der Waals surface area contributed by atoms with Crippen molar-refractivity contribution in [2.45, 2.75) is 17.8 Å². The number of thioether (sulfide) groups is 1. The molecule has 0 atom stereocenters. The van der Waals surface area contributed by atoms with Crippen molar-refractivity contribution < 1.29 is 13.9 Å². The van der Waals surface area contributed by atoms with Crippen molar-refractivity contribution in [3.05, 3.63) is 76.8 Å². The molecule has 3 rings (SSSR count). The quantitative estimate of drug-likeness (QED) is 0.422. The molecule has 1 heterocycles. The van der Waals surface area contributed by atoms with Crippen molar-refractivity contribution in [3.8, 4) is 5.75 Å². The Balaban J connectivity index is 1.76. The van der Waals surface area contributed by atoms with Crippen molar-refractivity contribution >= 4 is 35.0 Å². The topological polar surface area (TPSA) is 64.1 Å². The molecule has 144 valence electrons. The number of nitrogens with zero attached hydrogens (tertiary/aromatic N) is 2. The Morgan fingerprint density at radius 3 is 2.75 bits per heavy atom. The number of hydrogen-bond donors (Lipinski definition) is 1. The maximum absolute atomic E-state index is 13.8. The summed E-state index contributed by atoms with van der Waals surface area (Å²) in [7, 11) is 0. The van der Waals surface area contributed by atoms with E-state index in [1.165, 1.54) is 24.0 Å². The molecule has 0 aliphatic heterocycles. The van der Waals surface area contributed by atoms with E-state index in [0.29, 0.717) is 34.5 Å². The monoisotopic (exact) mass is 417 g/mol. The van der Waals surface area contributed by atoms with Crippen LogP contribution in [0.2, 0.25) is 5.02 Å². The second-order valence-corrected chi connectivity index (χ2v) is 6.96. The van der Waals surface area contributed by atoms with Crippen LogP contribution in [0.25, 0.3) is 0 Å². The average Bonchev–Trinajstić information content (AvgIpc) is 2.70. The van der Waals surface area contributed by atoms with E-state index in [0.717, 1.165) is 0 Å². The van der Waals surface area contributed by atoms with Crippen LogP contribution in [-0.2, 0) is 5.75 Å². The molecule has 0 saturated carbocycles. The number of ether oxygens (including phenoxy) is 1. The number of aromatic nitrogens is 2. The van der Waals surface area contributed by atoms with Crippen molar-refractivity contribution in [1.29, 1.82) is 0 Å². The SMILES string of the molecule is CCOc1ccccc1NC(=O)c1nc(SCc2ccccc2F)ncc1Cl. The molecular weight excluding hydrogens is 401 g/mol. The van der Waals surface area contributed by atoms with Crippen LogP contribution in [0.1, 0.15) is 23.0 Å². The molecule has 28 heavy (non-hydrogen) atoms. The standard InChI is InChI=1S/C20H17ClFN3O2S/c1-2-27-17-10-6-5-9-16(17)24-19(26)18-14(21)11-23-20(25-18)28-12-13-7-3-4-8-15(13)22/h3-11H,2,12H2,1H3,(H,24,26). The van der Waals surface area contributed by atoms with E-state index in [2.05, 4.69) is 15.3 Å². The Bertz CT molecular complexity index is 987. The molecule has 8 heteroatoms. The largest absolute Gasteiger partial charge is 0.492 e. The lowest BCUT2D eigenvalue weighted by molar-refractivity contribution is 0.102. The fourth-order valence-corrected chi connectivity index (χ4v) is 3.35. The Labute approximate surface area is 171 Å². The van der Waals surface area contributed by atoms with Crippen molar-refractivity contribution in [2.75, 3.05) is 11.9 Å². The van der Waals surface area contributed by atoms with Gasteiger partial charge in [0.05, 0.1) is 23.5 Å². The van der Waals surface area contributed by atoms with Crippen molar-refractivity contribution in [1.82, 2.24) is 9.97 Å². The Kier molecular flexibility index (Phi) is 6.84. The van der Waals surface area contributed by atoms with Gasteiger partial charge in [0.25, 0.3) is 5.91 Å². The molecule has 0 radical (unpaired) electrons. The first-order valence-corrected chi connectivity index (χ1v) is 9.86. The third-order valence-electron chi connectivity index (χ3n) is 3.69. The minimum Gasteiger partial charge on any atom is -0.492 e. The Morgan fingerprint density at radius 2 is 1.96 bits per heavy atom. The summed E-state index contributed by atoms with van der Waals surface area (Å²) < 4.78 is 19.3. The highest BCUT2D eigenvalue weighted by Crippen LogP contribution is 2.26. The van der Waals surface area contributed by atoms with Gasteiger partial charge in [-0.25, -0.2) is 14.4 Å². The summed E-state index contributed by atoms with van der Waals surface area (Å²) in [6.45, 7) is 2.33. The molecular formula is C20H17ClFN3O2S. The van der Waals surface area contributed by atoms with Gasteiger partial charge in [-0.15, -0.1) is 0 Å². The van der Waals surface area contributed by atoms with E-state index in [9.17, 15) is 9.18 Å². The number of carbonyl (C=O) groups excluding carboxylic acids is 1. The van der Waals surface area contributed by atoms with Gasteiger partial charge in [-0.1, -0.05) is 53.7 Å². The summed E-state index contributed by atoms with van der Waals surface area (Å²) in [6, 6.07) is 13.6. The lowest BCUT2D eigenvalue weighted by Gasteiger charge is -2.11.